The van der Waals surface area contributed by atoms with Crippen LogP contribution >= 0.6 is 0 Å². The van der Waals surface area contributed by atoms with Gasteiger partial charge >= 0.3 is 0 Å². The lowest BCUT2D eigenvalue weighted by Crippen LogP contribution is -2.09. The predicted octanol–water partition coefficient (Wildman–Crippen LogP) is 4.89. The molecule has 1 aromatic heterocycles. The molecule has 0 atom stereocenters. The molecule has 0 saturated heterocycles. The maximum atomic E-state index is 15.1. The van der Waals surface area contributed by atoms with Crippen LogP contribution in [-0.4, -0.2) is 15.8 Å². The second kappa shape index (κ2) is 7.56. The molecule has 0 radical (unpaired) electrons. The Labute approximate surface area is 161 Å². The van der Waals surface area contributed by atoms with Crippen LogP contribution in [0.25, 0.3) is 11.0 Å². The van der Waals surface area contributed by atoms with Crippen LogP contribution in [0, 0.1) is 12.7 Å². The molecule has 0 amide bonds. The average molecular weight is 372 g/mol. The number of carbonyl (C=O) groups is 1. The highest BCUT2D eigenvalue weighted by Gasteiger charge is 2.21. The van der Waals surface area contributed by atoms with Crippen molar-refractivity contribution in [3.63, 3.8) is 0 Å². The second-order valence-corrected chi connectivity index (χ2v) is 6.43. The zero-order chi connectivity index (χ0) is 19.5. The maximum absolute atomic E-state index is 15.1. The molecule has 0 aliphatic heterocycles. The highest BCUT2D eigenvalue weighted by Crippen LogP contribution is 2.27. The molecular weight excluding hydrogens is 355 g/mol. The van der Waals surface area contributed by atoms with Gasteiger partial charge in [-0.15, -0.1) is 0 Å². The summed E-state index contributed by atoms with van der Waals surface area (Å²) in [7, 11) is 0. The van der Waals surface area contributed by atoms with Gasteiger partial charge in [0, 0.05) is 18.0 Å². The Kier molecular flexibility index (Phi) is 4.81. The first-order valence-corrected chi connectivity index (χ1v) is 8.85. The molecule has 0 fully saturated rings. The van der Waals surface area contributed by atoms with Crippen molar-refractivity contribution in [2.24, 2.45) is 0 Å². The van der Waals surface area contributed by atoms with E-state index in [9.17, 15) is 4.79 Å². The topological polar surface area (TPSA) is 52.1 Å². The van der Waals surface area contributed by atoms with E-state index in [-0.39, 0.29) is 17.9 Å². The molecule has 0 N–H and O–H groups in total. The quantitative estimate of drug-likeness (QED) is 0.468. The summed E-state index contributed by atoms with van der Waals surface area (Å²) in [5, 5.41) is 0. The number of ether oxygens (including phenoxy) is 1. The Morgan fingerprint density at radius 2 is 1.71 bits per heavy atom. The molecule has 5 heteroatoms. The summed E-state index contributed by atoms with van der Waals surface area (Å²) in [6.45, 7) is 1.93. The van der Waals surface area contributed by atoms with Gasteiger partial charge in [0.05, 0.1) is 16.6 Å². The molecular formula is C23H17FN2O2. The molecule has 0 saturated carbocycles. The van der Waals surface area contributed by atoms with Crippen LogP contribution in [0.4, 0.5) is 4.39 Å². The predicted molar refractivity (Wildman–Crippen MR) is 105 cm³/mol. The Bertz CT molecular complexity index is 1160. The number of rotatable bonds is 5. The zero-order valence-corrected chi connectivity index (χ0v) is 15.2. The van der Waals surface area contributed by atoms with Crippen LogP contribution in [0.1, 0.15) is 27.0 Å². The van der Waals surface area contributed by atoms with Gasteiger partial charge < -0.3 is 4.74 Å². The van der Waals surface area contributed by atoms with Crippen molar-refractivity contribution in [2.45, 2.75) is 13.5 Å². The summed E-state index contributed by atoms with van der Waals surface area (Å²) in [6, 6.07) is 17.7. The Morgan fingerprint density at radius 3 is 2.50 bits per heavy atom. The van der Waals surface area contributed by atoms with E-state index in [1.165, 1.54) is 0 Å². The van der Waals surface area contributed by atoms with Crippen LogP contribution in [0.15, 0.2) is 73.1 Å². The lowest BCUT2D eigenvalue weighted by Gasteiger charge is -2.12. The second-order valence-electron chi connectivity index (χ2n) is 6.43. The minimum atomic E-state index is -0.653. The normalized spacial score (nSPS) is 10.8. The number of halogens is 1. The van der Waals surface area contributed by atoms with Gasteiger partial charge in [-0.2, -0.15) is 0 Å². The largest absolute Gasteiger partial charge is 0.486 e. The van der Waals surface area contributed by atoms with E-state index >= 15 is 4.39 Å². The SMILES string of the molecule is Cc1ccc(OCc2ccccc2)c(F)c1C(=O)c1ccc2nccnc2c1. The van der Waals surface area contributed by atoms with E-state index in [1.54, 1.807) is 49.6 Å². The third-order valence-corrected chi connectivity index (χ3v) is 4.51. The smallest absolute Gasteiger partial charge is 0.196 e. The van der Waals surface area contributed by atoms with E-state index in [0.29, 0.717) is 22.2 Å². The molecule has 28 heavy (non-hydrogen) atoms. The van der Waals surface area contributed by atoms with Crippen molar-refractivity contribution in [3.8, 4) is 5.75 Å². The summed E-state index contributed by atoms with van der Waals surface area (Å²) in [5.74, 6) is -1.01. The minimum Gasteiger partial charge on any atom is -0.486 e. The number of benzene rings is 3. The van der Waals surface area contributed by atoms with Gasteiger partial charge in [-0.25, -0.2) is 4.39 Å². The van der Waals surface area contributed by atoms with Gasteiger partial charge in [0.2, 0.25) is 0 Å². The molecule has 0 bridgehead atoms. The van der Waals surface area contributed by atoms with E-state index in [4.69, 9.17) is 4.74 Å². The number of fused-ring (bicyclic) bond motifs is 1. The summed E-state index contributed by atoms with van der Waals surface area (Å²) < 4.78 is 20.7. The van der Waals surface area contributed by atoms with Crippen molar-refractivity contribution in [1.29, 1.82) is 0 Å². The van der Waals surface area contributed by atoms with Gasteiger partial charge in [0.25, 0.3) is 0 Å². The van der Waals surface area contributed by atoms with Crippen molar-refractivity contribution < 1.29 is 13.9 Å². The van der Waals surface area contributed by atoms with Crippen LogP contribution in [-0.2, 0) is 6.61 Å². The minimum absolute atomic E-state index is 0.00815. The highest BCUT2D eigenvalue weighted by molar-refractivity contribution is 6.11. The highest BCUT2D eigenvalue weighted by atomic mass is 19.1. The number of ketones is 1. The third kappa shape index (κ3) is 3.47. The summed E-state index contributed by atoms with van der Waals surface area (Å²) in [6.07, 6.45) is 3.14. The van der Waals surface area contributed by atoms with Gasteiger partial charge in [-0.1, -0.05) is 36.4 Å². The number of hydrogen-bond donors (Lipinski definition) is 0. The molecule has 0 spiro atoms. The molecule has 0 aliphatic rings. The lowest BCUT2D eigenvalue weighted by molar-refractivity contribution is 0.103. The summed E-state index contributed by atoms with van der Waals surface area (Å²) >= 11 is 0. The Hall–Kier alpha value is -3.60. The Morgan fingerprint density at radius 1 is 0.964 bits per heavy atom. The number of aryl methyl sites for hydroxylation is 1. The van der Waals surface area contributed by atoms with Crippen LogP contribution in [0.3, 0.4) is 0 Å². The van der Waals surface area contributed by atoms with E-state index in [0.717, 1.165) is 5.56 Å². The molecule has 4 rings (SSSR count). The molecule has 0 unspecified atom stereocenters. The standard InChI is InChI=1S/C23H17FN2O2/c1-15-7-10-20(28-14-16-5-3-2-4-6-16)22(24)21(15)23(27)17-8-9-18-19(13-17)26-12-11-25-18/h2-13H,14H2,1H3. The first-order valence-electron chi connectivity index (χ1n) is 8.85. The molecule has 1 heterocycles. The number of nitrogens with zero attached hydrogens (tertiary/aromatic N) is 2. The maximum Gasteiger partial charge on any atom is 0.196 e. The first-order chi connectivity index (χ1) is 13.6. The lowest BCUT2D eigenvalue weighted by atomic mass is 9.97. The van der Waals surface area contributed by atoms with Crippen molar-refractivity contribution in [1.82, 2.24) is 9.97 Å². The van der Waals surface area contributed by atoms with Gasteiger partial charge in [0.15, 0.2) is 17.3 Å². The summed E-state index contributed by atoms with van der Waals surface area (Å²) in [5.41, 5.74) is 3.10. The fourth-order valence-electron chi connectivity index (χ4n) is 3.03. The van der Waals surface area contributed by atoms with Gasteiger partial charge in [-0.3, -0.25) is 14.8 Å². The Balaban J connectivity index is 1.66. The van der Waals surface area contributed by atoms with Crippen LogP contribution in [0.5, 0.6) is 5.75 Å². The van der Waals surface area contributed by atoms with Crippen molar-refractivity contribution in [2.75, 3.05) is 0 Å². The summed E-state index contributed by atoms with van der Waals surface area (Å²) in [4.78, 5) is 21.4. The molecule has 3 aromatic carbocycles. The number of carbonyl (C=O) groups excluding carboxylic acids is 1. The molecule has 0 aliphatic carbocycles. The van der Waals surface area contributed by atoms with E-state index < -0.39 is 11.6 Å². The number of hydrogen-bond acceptors (Lipinski definition) is 4. The zero-order valence-electron chi connectivity index (χ0n) is 15.2. The molecule has 4 nitrogen and oxygen atoms in total. The average Bonchev–Trinajstić information content (AvgIpc) is 2.73. The molecule has 138 valence electrons. The molecule has 4 aromatic rings. The van der Waals surface area contributed by atoms with Crippen LogP contribution in [0.2, 0.25) is 0 Å². The van der Waals surface area contributed by atoms with Gasteiger partial charge in [-0.05, 0) is 42.3 Å². The van der Waals surface area contributed by atoms with Crippen molar-refractivity contribution in [3.05, 3.63) is 101 Å². The third-order valence-electron chi connectivity index (χ3n) is 4.51. The first kappa shape index (κ1) is 17.8. The van der Waals surface area contributed by atoms with Crippen LogP contribution < -0.4 is 4.74 Å². The van der Waals surface area contributed by atoms with E-state index in [1.807, 2.05) is 30.3 Å². The fourth-order valence-corrected chi connectivity index (χ4v) is 3.03. The fraction of sp³-hybridized carbons (Fsp3) is 0.0870. The monoisotopic (exact) mass is 372 g/mol. The number of aromatic nitrogens is 2. The van der Waals surface area contributed by atoms with E-state index in [2.05, 4.69) is 9.97 Å². The van der Waals surface area contributed by atoms with Crippen molar-refractivity contribution >= 4 is 16.8 Å². The van der Waals surface area contributed by atoms with Gasteiger partial charge in [0.1, 0.15) is 6.61 Å².